The highest BCUT2D eigenvalue weighted by molar-refractivity contribution is 6.15. The van der Waals surface area contributed by atoms with E-state index in [2.05, 4.69) is 21.8 Å². The molecule has 0 atom stereocenters. The molecule has 0 aliphatic carbocycles. The number of carbonyl (C=O) groups is 1. The maximum Gasteiger partial charge on any atom is 0.371 e. The van der Waals surface area contributed by atoms with Crippen molar-refractivity contribution >= 4 is 34.2 Å². The topological polar surface area (TPSA) is 65.7 Å². The summed E-state index contributed by atoms with van der Waals surface area (Å²) < 4.78 is 5.24. The number of carboxylic acid groups (broad SMARTS) is 1. The summed E-state index contributed by atoms with van der Waals surface area (Å²) in [5.41, 5.74) is 1.73. The molecule has 0 bridgehead atoms. The van der Waals surface area contributed by atoms with Crippen LogP contribution in [0.3, 0.4) is 0 Å². The average molecular weight is 297 g/mol. The second kappa shape index (κ2) is 6.63. The number of alkyl halides is 1. The van der Waals surface area contributed by atoms with Gasteiger partial charge in [-0.1, -0.05) is 0 Å². The molecule has 108 valence electrons. The first-order chi connectivity index (χ1) is 9.74. The summed E-state index contributed by atoms with van der Waals surface area (Å²) in [5.74, 6) is -1.04. The highest BCUT2D eigenvalue weighted by Crippen LogP contribution is 2.25. The van der Waals surface area contributed by atoms with Gasteiger partial charge in [0.05, 0.1) is 0 Å². The molecule has 0 amide bonds. The Labute approximate surface area is 122 Å². The fourth-order valence-corrected chi connectivity index (χ4v) is 2.26. The van der Waals surface area contributed by atoms with E-state index in [0.717, 1.165) is 37.3 Å². The number of fused-ring (bicyclic) bond motifs is 1. The van der Waals surface area contributed by atoms with Crippen molar-refractivity contribution in [3.63, 3.8) is 0 Å². The Kier molecular flexibility index (Phi) is 4.87. The molecule has 0 unspecified atom stereocenters. The van der Waals surface area contributed by atoms with Gasteiger partial charge in [0.15, 0.2) is 0 Å². The molecule has 1 fully saturated rings. The van der Waals surface area contributed by atoms with E-state index in [9.17, 15) is 4.79 Å². The van der Waals surface area contributed by atoms with Crippen LogP contribution in [0.5, 0.6) is 0 Å². The fourth-order valence-electron chi connectivity index (χ4n) is 2.26. The van der Waals surface area contributed by atoms with E-state index < -0.39 is 5.97 Å². The van der Waals surface area contributed by atoms with Crippen LogP contribution in [0.25, 0.3) is 11.0 Å². The number of aromatic carboxylic acids is 1. The molecule has 2 heterocycles. The number of anilines is 1. The van der Waals surface area contributed by atoms with Gasteiger partial charge in [-0.3, -0.25) is 0 Å². The van der Waals surface area contributed by atoms with Crippen LogP contribution in [-0.2, 0) is 0 Å². The van der Waals surface area contributed by atoms with Gasteiger partial charge in [-0.05, 0) is 24.3 Å². The molecule has 0 radical (unpaired) electrons. The zero-order chi connectivity index (χ0) is 14.5. The van der Waals surface area contributed by atoms with E-state index in [1.165, 1.54) is 6.38 Å². The van der Waals surface area contributed by atoms with E-state index in [1.807, 2.05) is 18.2 Å². The zero-order valence-electron chi connectivity index (χ0n) is 11.2. The van der Waals surface area contributed by atoms with Crippen molar-refractivity contribution in [2.45, 2.75) is 0 Å². The van der Waals surface area contributed by atoms with Gasteiger partial charge >= 0.3 is 5.97 Å². The number of halogens is 1. The Bertz CT molecular complexity index is 591. The normalized spacial score (nSPS) is 14.8. The van der Waals surface area contributed by atoms with Gasteiger partial charge < -0.3 is 19.7 Å². The number of nitrogens with one attached hydrogen (secondary N) is 1. The van der Waals surface area contributed by atoms with Gasteiger partial charge in [-0.25, -0.2) is 4.79 Å². The van der Waals surface area contributed by atoms with Crippen molar-refractivity contribution in [1.29, 1.82) is 0 Å². The molecule has 20 heavy (non-hydrogen) atoms. The van der Waals surface area contributed by atoms with Crippen LogP contribution in [0, 0.1) is 0 Å². The molecular weight excluding hydrogens is 280 g/mol. The first-order valence-corrected chi connectivity index (χ1v) is 7.10. The summed E-state index contributed by atoms with van der Waals surface area (Å²) in [7, 11) is 0. The van der Waals surface area contributed by atoms with Crippen LogP contribution in [0.2, 0.25) is 0 Å². The van der Waals surface area contributed by atoms with Gasteiger partial charge in [-0.15, -0.1) is 11.6 Å². The molecule has 6 heteroatoms. The maximum absolute atomic E-state index is 10.8. The van der Waals surface area contributed by atoms with E-state index in [-0.39, 0.29) is 5.76 Å². The quantitative estimate of drug-likeness (QED) is 0.833. The highest BCUT2D eigenvalue weighted by Gasteiger charge is 2.14. The molecule has 1 aromatic carbocycles. The molecular formula is C14H17ClN2O3. The minimum absolute atomic E-state index is 0.0116. The summed E-state index contributed by atoms with van der Waals surface area (Å²) in [4.78, 5) is 13.1. The Morgan fingerprint density at radius 1 is 1.30 bits per heavy atom. The van der Waals surface area contributed by atoms with E-state index in [1.54, 1.807) is 6.07 Å². The summed E-state index contributed by atoms with van der Waals surface area (Å²) in [6.07, 6.45) is 1.47. The van der Waals surface area contributed by atoms with E-state index in [4.69, 9.17) is 9.52 Å². The molecule has 1 aromatic heterocycles. The summed E-state index contributed by atoms with van der Waals surface area (Å²) in [6.45, 7) is 3.89. The monoisotopic (exact) mass is 296 g/mol. The number of benzene rings is 1. The Balaban J connectivity index is 0.000000704. The van der Waals surface area contributed by atoms with Crippen molar-refractivity contribution in [3.8, 4) is 0 Å². The third kappa shape index (κ3) is 3.05. The van der Waals surface area contributed by atoms with Crippen molar-refractivity contribution in [3.05, 3.63) is 30.0 Å². The minimum atomic E-state index is -1.03. The molecule has 2 N–H and O–H groups in total. The number of rotatable bonds is 2. The fraction of sp³-hybridized carbons (Fsp3) is 0.357. The maximum atomic E-state index is 10.8. The third-order valence-corrected chi connectivity index (χ3v) is 3.19. The Hall–Kier alpha value is -1.72. The molecule has 1 aliphatic heterocycles. The SMILES string of the molecule is CCl.O=C(O)c1cc2cc(N3CCNCC3)ccc2o1. The molecule has 3 rings (SSSR count). The lowest BCUT2D eigenvalue weighted by Gasteiger charge is -2.29. The van der Waals surface area contributed by atoms with Crippen LogP contribution in [-0.4, -0.2) is 43.6 Å². The lowest BCUT2D eigenvalue weighted by atomic mass is 10.2. The molecule has 0 saturated carbocycles. The van der Waals surface area contributed by atoms with Crippen LogP contribution < -0.4 is 10.2 Å². The Morgan fingerprint density at radius 2 is 2.00 bits per heavy atom. The predicted molar refractivity (Wildman–Crippen MR) is 80.0 cm³/mol. The van der Waals surface area contributed by atoms with Crippen LogP contribution >= 0.6 is 11.6 Å². The molecule has 0 spiro atoms. The number of hydrogen-bond donors (Lipinski definition) is 2. The second-order valence-electron chi connectivity index (χ2n) is 4.37. The molecule has 2 aromatic rings. The van der Waals surface area contributed by atoms with Gasteiger partial charge in [0.2, 0.25) is 5.76 Å². The smallest absolute Gasteiger partial charge is 0.371 e. The molecule has 1 aliphatic rings. The van der Waals surface area contributed by atoms with Gasteiger partial charge in [0.1, 0.15) is 5.58 Å². The van der Waals surface area contributed by atoms with Crippen LogP contribution in [0.1, 0.15) is 10.6 Å². The number of carboxylic acids is 1. The summed E-state index contributed by atoms with van der Waals surface area (Å²) in [6, 6.07) is 7.36. The summed E-state index contributed by atoms with van der Waals surface area (Å²) >= 11 is 4.64. The van der Waals surface area contributed by atoms with Crippen LogP contribution in [0.15, 0.2) is 28.7 Å². The van der Waals surface area contributed by atoms with Gasteiger partial charge in [0, 0.05) is 43.6 Å². The predicted octanol–water partition coefficient (Wildman–Crippen LogP) is 2.40. The van der Waals surface area contributed by atoms with Gasteiger partial charge in [0.25, 0.3) is 0 Å². The Morgan fingerprint density at radius 3 is 2.65 bits per heavy atom. The van der Waals surface area contributed by atoms with Gasteiger partial charge in [-0.2, -0.15) is 0 Å². The van der Waals surface area contributed by atoms with Crippen molar-refractivity contribution in [2.24, 2.45) is 0 Å². The molecule has 5 nitrogen and oxygen atoms in total. The number of piperazine rings is 1. The van der Waals surface area contributed by atoms with Crippen LogP contribution in [0.4, 0.5) is 5.69 Å². The molecule has 1 saturated heterocycles. The zero-order valence-corrected chi connectivity index (χ0v) is 12.0. The number of furan rings is 1. The minimum Gasteiger partial charge on any atom is -0.475 e. The van der Waals surface area contributed by atoms with Crippen molar-refractivity contribution < 1.29 is 14.3 Å². The van der Waals surface area contributed by atoms with E-state index >= 15 is 0 Å². The first-order valence-electron chi connectivity index (χ1n) is 6.34. The van der Waals surface area contributed by atoms with E-state index in [0.29, 0.717) is 5.58 Å². The third-order valence-electron chi connectivity index (χ3n) is 3.19. The lowest BCUT2D eigenvalue weighted by molar-refractivity contribution is 0.0665. The van der Waals surface area contributed by atoms with Crippen molar-refractivity contribution in [2.75, 3.05) is 37.5 Å². The summed E-state index contributed by atoms with van der Waals surface area (Å²) in [5, 5.41) is 13.0. The van der Waals surface area contributed by atoms with Crippen molar-refractivity contribution in [1.82, 2.24) is 5.32 Å². The largest absolute Gasteiger partial charge is 0.475 e. The highest BCUT2D eigenvalue weighted by atomic mass is 35.5. The standard InChI is InChI=1S/C13H14N2O3.CH3Cl/c16-13(17)12-8-9-7-10(1-2-11(9)18-12)15-5-3-14-4-6-15;1-2/h1-2,7-8,14H,3-6H2,(H,16,17);1H3. The number of nitrogens with zero attached hydrogens (tertiary/aromatic N) is 1. The average Bonchev–Trinajstić information content (AvgIpc) is 2.93. The first kappa shape index (κ1) is 14.7. The lowest BCUT2D eigenvalue weighted by Crippen LogP contribution is -2.43. The second-order valence-corrected chi connectivity index (χ2v) is 4.37. The number of hydrogen-bond acceptors (Lipinski definition) is 4.